The molecule has 1 unspecified atom stereocenters. The van der Waals surface area contributed by atoms with E-state index in [-0.39, 0.29) is 0 Å². The van der Waals surface area contributed by atoms with Crippen molar-refractivity contribution in [3.8, 4) is 0 Å². The summed E-state index contributed by atoms with van der Waals surface area (Å²) in [5.74, 6) is 0. The van der Waals surface area contributed by atoms with Crippen molar-refractivity contribution in [2.75, 3.05) is 33.4 Å². The van der Waals surface area contributed by atoms with E-state index in [1.165, 1.54) is 0 Å². The van der Waals surface area contributed by atoms with Gasteiger partial charge in [-0.2, -0.15) is 0 Å². The molecule has 0 amide bonds. The molecular formula is C9H21NO3. The van der Waals surface area contributed by atoms with Crippen LogP contribution < -0.4 is 5.32 Å². The van der Waals surface area contributed by atoms with Crippen molar-refractivity contribution in [3.05, 3.63) is 0 Å². The van der Waals surface area contributed by atoms with Gasteiger partial charge < -0.3 is 19.9 Å². The number of unbranched alkanes of at least 4 members (excludes halogenated alkanes) is 1. The first-order chi connectivity index (χ1) is 6.27. The van der Waals surface area contributed by atoms with Gasteiger partial charge in [0.25, 0.3) is 0 Å². The van der Waals surface area contributed by atoms with Crippen LogP contribution in [-0.2, 0) is 9.47 Å². The Bertz CT molecular complexity index is 98.9. The van der Waals surface area contributed by atoms with Gasteiger partial charge in [-0.3, -0.25) is 0 Å². The zero-order chi connectivity index (χ0) is 9.94. The van der Waals surface area contributed by atoms with Crippen LogP contribution in [0.3, 0.4) is 0 Å². The Balaban J connectivity index is 2.84. The van der Waals surface area contributed by atoms with Gasteiger partial charge in [0.15, 0.2) is 6.29 Å². The third-order valence-electron chi connectivity index (χ3n) is 1.59. The van der Waals surface area contributed by atoms with E-state index in [4.69, 9.17) is 14.6 Å². The van der Waals surface area contributed by atoms with E-state index in [0.717, 1.165) is 32.5 Å². The van der Waals surface area contributed by atoms with E-state index < -0.39 is 6.29 Å². The molecule has 13 heavy (non-hydrogen) atoms. The smallest absolute Gasteiger partial charge is 0.151 e. The van der Waals surface area contributed by atoms with E-state index in [9.17, 15) is 0 Å². The Hall–Kier alpha value is -0.160. The molecular weight excluding hydrogens is 170 g/mol. The second-order valence-corrected chi connectivity index (χ2v) is 2.92. The van der Waals surface area contributed by atoms with E-state index in [2.05, 4.69) is 5.32 Å². The first-order valence-electron chi connectivity index (χ1n) is 4.76. The quantitative estimate of drug-likeness (QED) is 0.408. The molecule has 80 valence electrons. The van der Waals surface area contributed by atoms with Crippen molar-refractivity contribution in [3.63, 3.8) is 0 Å². The number of nitrogens with one attached hydrogen (secondary N) is 1. The first kappa shape index (κ1) is 12.8. The highest BCUT2D eigenvalue weighted by atomic mass is 16.6. The lowest BCUT2D eigenvalue weighted by Gasteiger charge is -2.07. The molecule has 0 saturated carbocycles. The second-order valence-electron chi connectivity index (χ2n) is 2.92. The summed E-state index contributed by atoms with van der Waals surface area (Å²) < 4.78 is 9.85. The van der Waals surface area contributed by atoms with Gasteiger partial charge in [0.2, 0.25) is 0 Å². The molecule has 0 aromatic carbocycles. The highest BCUT2D eigenvalue weighted by molar-refractivity contribution is 4.47. The predicted octanol–water partition coefficient (Wildman–Crippen LogP) is 0.358. The van der Waals surface area contributed by atoms with Gasteiger partial charge in [-0.05, 0) is 26.3 Å². The summed E-state index contributed by atoms with van der Waals surface area (Å²) in [5, 5.41) is 12.0. The molecule has 0 saturated heterocycles. The summed E-state index contributed by atoms with van der Waals surface area (Å²) in [7, 11) is 1.71. The van der Waals surface area contributed by atoms with Crippen molar-refractivity contribution in [1.29, 1.82) is 0 Å². The number of ether oxygens (including phenoxy) is 2. The number of aliphatic hydroxyl groups excluding tert-OH is 1. The minimum Gasteiger partial charge on any atom is -0.385 e. The molecule has 0 aliphatic carbocycles. The van der Waals surface area contributed by atoms with Crippen molar-refractivity contribution < 1.29 is 14.6 Å². The third-order valence-corrected chi connectivity index (χ3v) is 1.59. The van der Waals surface area contributed by atoms with Crippen molar-refractivity contribution in [2.45, 2.75) is 26.1 Å². The van der Waals surface area contributed by atoms with Crippen LogP contribution >= 0.6 is 0 Å². The third kappa shape index (κ3) is 11.8. The molecule has 0 spiro atoms. The molecule has 0 bridgehead atoms. The summed E-state index contributed by atoms with van der Waals surface area (Å²) in [6.45, 7) is 4.76. The number of rotatable bonds is 9. The van der Waals surface area contributed by atoms with Crippen LogP contribution in [0.4, 0.5) is 0 Å². The maximum Gasteiger partial charge on any atom is 0.151 e. The minimum absolute atomic E-state index is 0.557. The zero-order valence-electron chi connectivity index (χ0n) is 8.58. The first-order valence-corrected chi connectivity index (χ1v) is 4.76. The molecule has 0 aromatic heterocycles. The SMILES string of the molecule is COCCCCNCCOC(C)O. The van der Waals surface area contributed by atoms with Gasteiger partial charge in [0.05, 0.1) is 6.61 Å². The van der Waals surface area contributed by atoms with Gasteiger partial charge in [-0.25, -0.2) is 0 Å². The van der Waals surface area contributed by atoms with Gasteiger partial charge >= 0.3 is 0 Å². The van der Waals surface area contributed by atoms with Crippen molar-refractivity contribution in [2.24, 2.45) is 0 Å². The monoisotopic (exact) mass is 191 g/mol. The number of hydrogen-bond donors (Lipinski definition) is 2. The number of hydrogen-bond acceptors (Lipinski definition) is 4. The molecule has 1 atom stereocenters. The van der Waals surface area contributed by atoms with Crippen LogP contribution in [0.15, 0.2) is 0 Å². The number of methoxy groups -OCH3 is 1. The number of aliphatic hydroxyl groups is 1. The van der Waals surface area contributed by atoms with Gasteiger partial charge in [-0.1, -0.05) is 0 Å². The van der Waals surface area contributed by atoms with Gasteiger partial charge in [0, 0.05) is 20.3 Å². The fraction of sp³-hybridized carbons (Fsp3) is 1.00. The molecule has 0 aromatic rings. The summed E-state index contributed by atoms with van der Waals surface area (Å²) in [4.78, 5) is 0. The molecule has 0 rings (SSSR count). The van der Waals surface area contributed by atoms with E-state index in [1.807, 2.05) is 0 Å². The fourth-order valence-electron chi connectivity index (χ4n) is 0.923. The molecule has 0 heterocycles. The molecule has 4 heteroatoms. The van der Waals surface area contributed by atoms with Crippen LogP contribution in [0, 0.1) is 0 Å². The van der Waals surface area contributed by atoms with Crippen molar-refractivity contribution >= 4 is 0 Å². The average Bonchev–Trinajstić information content (AvgIpc) is 2.09. The highest BCUT2D eigenvalue weighted by Crippen LogP contribution is 1.86. The van der Waals surface area contributed by atoms with Gasteiger partial charge in [0.1, 0.15) is 0 Å². The molecule has 0 radical (unpaired) electrons. The summed E-state index contributed by atoms with van der Waals surface area (Å²) in [5.41, 5.74) is 0. The van der Waals surface area contributed by atoms with E-state index in [1.54, 1.807) is 14.0 Å². The van der Waals surface area contributed by atoms with Crippen LogP contribution in [0.5, 0.6) is 0 Å². The van der Waals surface area contributed by atoms with E-state index in [0.29, 0.717) is 6.61 Å². The Morgan fingerprint density at radius 2 is 2.00 bits per heavy atom. The molecule has 0 fully saturated rings. The molecule has 0 aliphatic rings. The van der Waals surface area contributed by atoms with Crippen LogP contribution in [0.2, 0.25) is 0 Å². The van der Waals surface area contributed by atoms with Crippen molar-refractivity contribution in [1.82, 2.24) is 5.32 Å². The second kappa shape index (κ2) is 9.92. The Morgan fingerprint density at radius 3 is 2.62 bits per heavy atom. The maximum absolute atomic E-state index is 8.76. The normalized spacial score (nSPS) is 13.2. The lowest BCUT2D eigenvalue weighted by Crippen LogP contribution is -2.23. The largest absolute Gasteiger partial charge is 0.385 e. The van der Waals surface area contributed by atoms with Crippen LogP contribution in [0.25, 0.3) is 0 Å². The summed E-state index contributed by atoms with van der Waals surface area (Å²) >= 11 is 0. The molecule has 2 N–H and O–H groups in total. The fourth-order valence-corrected chi connectivity index (χ4v) is 0.923. The standard InChI is InChI=1S/C9H21NO3/c1-9(11)13-8-6-10-5-3-4-7-12-2/h9-11H,3-8H2,1-2H3. The summed E-state index contributed by atoms with van der Waals surface area (Å²) in [6, 6.07) is 0. The minimum atomic E-state index is -0.657. The Morgan fingerprint density at radius 1 is 1.23 bits per heavy atom. The highest BCUT2D eigenvalue weighted by Gasteiger charge is 1.93. The average molecular weight is 191 g/mol. The zero-order valence-corrected chi connectivity index (χ0v) is 8.58. The topological polar surface area (TPSA) is 50.7 Å². The Kier molecular flexibility index (Phi) is 9.80. The lowest BCUT2D eigenvalue weighted by molar-refractivity contribution is -0.0834. The van der Waals surface area contributed by atoms with E-state index >= 15 is 0 Å². The summed E-state index contributed by atoms with van der Waals surface area (Å²) in [6.07, 6.45) is 1.54. The van der Waals surface area contributed by atoms with Gasteiger partial charge in [-0.15, -0.1) is 0 Å². The maximum atomic E-state index is 8.76. The van der Waals surface area contributed by atoms with Crippen LogP contribution in [0.1, 0.15) is 19.8 Å². The van der Waals surface area contributed by atoms with Crippen LogP contribution in [-0.4, -0.2) is 44.8 Å². The predicted molar refractivity (Wildman–Crippen MR) is 51.6 cm³/mol. The molecule has 0 aliphatic heterocycles. The molecule has 4 nitrogen and oxygen atoms in total. The Labute approximate surface area is 80.2 Å². The lowest BCUT2D eigenvalue weighted by atomic mass is 10.3.